The minimum absolute atomic E-state index is 0. The fourth-order valence-electron chi connectivity index (χ4n) is 0.637. The Bertz CT molecular complexity index is 194. The molecule has 0 unspecified atom stereocenters. The van der Waals surface area contributed by atoms with E-state index in [9.17, 15) is 0 Å². The molecule has 0 nitrogen and oxygen atoms in total. The van der Waals surface area contributed by atoms with Gasteiger partial charge in [-0.3, -0.25) is 0 Å². The molecular formula is C8H10AlCl. The summed E-state index contributed by atoms with van der Waals surface area (Å²) in [7, 11) is 0. The maximum atomic E-state index is 5.36. The van der Waals surface area contributed by atoms with Crippen LogP contribution in [0.15, 0.2) is 35.9 Å². The molecule has 0 radical (unpaired) electrons. The van der Waals surface area contributed by atoms with Gasteiger partial charge in [0.2, 0.25) is 0 Å². The molecule has 0 saturated heterocycles. The van der Waals surface area contributed by atoms with Crippen molar-refractivity contribution in [1.82, 2.24) is 0 Å². The van der Waals surface area contributed by atoms with Crippen LogP contribution in [-0.2, 0) is 0 Å². The van der Waals surface area contributed by atoms with Crippen LogP contribution in [0, 0.1) is 0 Å². The fourth-order valence-corrected chi connectivity index (χ4v) is 0.782. The van der Waals surface area contributed by atoms with Gasteiger partial charge in [-0.2, -0.15) is 0 Å². The van der Waals surface area contributed by atoms with Crippen LogP contribution in [0.25, 0.3) is 6.08 Å². The topological polar surface area (TPSA) is 0 Å². The molecule has 10 heavy (non-hydrogen) atoms. The summed E-state index contributed by atoms with van der Waals surface area (Å²) < 4.78 is 0. The molecule has 1 aromatic carbocycles. The zero-order valence-electron chi connectivity index (χ0n) is 4.92. The van der Waals surface area contributed by atoms with Crippen LogP contribution in [0.1, 0.15) is 5.56 Å². The van der Waals surface area contributed by atoms with Crippen LogP contribution in [-0.4, -0.2) is 17.4 Å². The summed E-state index contributed by atoms with van der Waals surface area (Å²) in [6.45, 7) is 0. The molecule has 0 bridgehead atoms. The Kier molecular flexibility index (Phi) is 5.44. The van der Waals surface area contributed by atoms with E-state index in [4.69, 9.17) is 11.6 Å². The summed E-state index contributed by atoms with van der Waals surface area (Å²) >= 11 is 5.36. The predicted octanol–water partition coefficient (Wildman–Crippen LogP) is 1.71. The van der Waals surface area contributed by atoms with Gasteiger partial charge in [0.15, 0.2) is 17.4 Å². The fraction of sp³-hybridized carbons (Fsp3) is 0. The van der Waals surface area contributed by atoms with Crippen molar-refractivity contribution in [2.45, 2.75) is 0 Å². The van der Waals surface area contributed by atoms with E-state index >= 15 is 0 Å². The summed E-state index contributed by atoms with van der Waals surface area (Å²) in [4.78, 5) is 0. The van der Waals surface area contributed by atoms with Crippen molar-refractivity contribution in [1.29, 1.82) is 0 Å². The SMILES string of the molecule is ClC=Cc1ccccc1.[AlH3]. The van der Waals surface area contributed by atoms with E-state index < -0.39 is 0 Å². The molecule has 0 amide bonds. The van der Waals surface area contributed by atoms with Gasteiger partial charge < -0.3 is 0 Å². The van der Waals surface area contributed by atoms with Gasteiger partial charge in [0.05, 0.1) is 0 Å². The van der Waals surface area contributed by atoms with Crippen molar-refractivity contribution >= 4 is 35.0 Å². The van der Waals surface area contributed by atoms with Crippen molar-refractivity contribution in [2.24, 2.45) is 0 Å². The number of benzene rings is 1. The Morgan fingerprint density at radius 2 is 1.70 bits per heavy atom. The van der Waals surface area contributed by atoms with E-state index in [0.717, 1.165) is 5.56 Å². The first-order valence-corrected chi connectivity index (χ1v) is 3.19. The summed E-state index contributed by atoms with van der Waals surface area (Å²) in [5.74, 6) is 0. The summed E-state index contributed by atoms with van der Waals surface area (Å²) in [6, 6.07) is 9.93. The molecular weight excluding hydrogens is 159 g/mol. The van der Waals surface area contributed by atoms with Gasteiger partial charge in [-0.15, -0.1) is 0 Å². The zero-order chi connectivity index (χ0) is 6.53. The number of rotatable bonds is 1. The van der Waals surface area contributed by atoms with Gasteiger partial charge >= 0.3 is 0 Å². The van der Waals surface area contributed by atoms with E-state index in [2.05, 4.69) is 0 Å². The number of hydrogen-bond acceptors (Lipinski definition) is 0. The van der Waals surface area contributed by atoms with E-state index in [1.807, 2.05) is 36.4 Å². The molecule has 0 fully saturated rings. The van der Waals surface area contributed by atoms with Crippen LogP contribution in [0.2, 0.25) is 0 Å². The van der Waals surface area contributed by atoms with E-state index in [-0.39, 0.29) is 17.4 Å². The Balaban J connectivity index is 0.000000810. The summed E-state index contributed by atoms with van der Waals surface area (Å²) in [6.07, 6.45) is 1.85. The number of halogens is 1. The second-order valence-electron chi connectivity index (χ2n) is 1.70. The molecule has 0 aromatic heterocycles. The molecule has 0 heterocycles. The second kappa shape index (κ2) is 5.56. The highest BCUT2D eigenvalue weighted by Crippen LogP contribution is 2.00. The highest BCUT2D eigenvalue weighted by Gasteiger charge is 1.78. The molecule has 0 N–H and O–H groups in total. The number of hydrogen-bond donors (Lipinski definition) is 0. The van der Waals surface area contributed by atoms with Gasteiger partial charge in [-0.05, 0) is 11.6 Å². The quantitative estimate of drug-likeness (QED) is 0.560. The molecule has 0 saturated carbocycles. The van der Waals surface area contributed by atoms with E-state index in [1.165, 1.54) is 5.54 Å². The Morgan fingerprint density at radius 3 is 2.20 bits per heavy atom. The van der Waals surface area contributed by atoms with Crippen molar-refractivity contribution in [3.05, 3.63) is 41.4 Å². The molecule has 0 spiro atoms. The minimum Gasteiger partial charge on any atom is -0.0929 e. The summed E-state index contributed by atoms with van der Waals surface area (Å²) in [5, 5.41) is 0. The van der Waals surface area contributed by atoms with Crippen LogP contribution < -0.4 is 0 Å². The van der Waals surface area contributed by atoms with Gasteiger partial charge in [-0.25, -0.2) is 0 Å². The first-order chi connectivity index (χ1) is 4.43. The minimum atomic E-state index is 0. The normalized spacial score (nSPS) is 9.30. The highest BCUT2D eigenvalue weighted by atomic mass is 35.5. The van der Waals surface area contributed by atoms with Crippen LogP contribution >= 0.6 is 11.6 Å². The largest absolute Gasteiger partial charge is 0.187 e. The van der Waals surface area contributed by atoms with Gasteiger partial charge in [0, 0.05) is 5.54 Å². The van der Waals surface area contributed by atoms with Crippen molar-refractivity contribution in [3.8, 4) is 0 Å². The average Bonchev–Trinajstić information content (AvgIpc) is 1.91. The third-order valence-corrected chi connectivity index (χ3v) is 1.18. The average molecular weight is 169 g/mol. The lowest BCUT2D eigenvalue weighted by atomic mass is 10.2. The lowest BCUT2D eigenvalue weighted by Gasteiger charge is -1.86. The lowest BCUT2D eigenvalue weighted by Crippen LogP contribution is -1.64. The Hall–Kier alpha value is -0.218. The second-order valence-corrected chi connectivity index (χ2v) is 1.96. The smallest absolute Gasteiger partial charge is 0.0929 e. The predicted molar refractivity (Wildman–Crippen MR) is 51.3 cm³/mol. The van der Waals surface area contributed by atoms with Gasteiger partial charge in [-0.1, -0.05) is 41.9 Å². The molecule has 1 rings (SSSR count). The molecule has 0 aliphatic heterocycles. The van der Waals surface area contributed by atoms with E-state index in [1.54, 1.807) is 0 Å². The zero-order valence-corrected chi connectivity index (χ0v) is 5.68. The highest BCUT2D eigenvalue weighted by molar-refractivity contribution is 6.27. The molecule has 0 aliphatic carbocycles. The van der Waals surface area contributed by atoms with Gasteiger partial charge in [0.25, 0.3) is 0 Å². The molecule has 1 aromatic rings. The third kappa shape index (κ3) is 3.08. The van der Waals surface area contributed by atoms with Crippen LogP contribution in [0.4, 0.5) is 0 Å². The molecule has 0 aliphatic rings. The molecule has 52 valence electrons. The summed E-state index contributed by atoms with van der Waals surface area (Å²) in [5.41, 5.74) is 2.64. The lowest BCUT2D eigenvalue weighted by molar-refractivity contribution is 1.66. The van der Waals surface area contributed by atoms with Crippen LogP contribution in [0.5, 0.6) is 0 Å². The molecule has 0 atom stereocenters. The maximum absolute atomic E-state index is 5.36. The first-order valence-electron chi connectivity index (χ1n) is 2.75. The van der Waals surface area contributed by atoms with Gasteiger partial charge in [0.1, 0.15) is 0 Å². The Labute approximate surface area is 76.6 Å². The van der Waals surface area contributed by atoms with Crippen molar-refractivity contribution < 1.29 is 0 Å². The molecule has 2 heteroatoms. The van der Waals surface area contributed by atoms with Crippen molar-refractivity contribution in [3.63, 3.8) is 0 Å². The van der Waals surface area contributed by atoms with E-state index in [0.29, 0.717) is 0 Å². The standard InChI is InChI=1S/C8H7Cl.Al.3H/c9-7-6-8-4-2-1-3-5-8;;;;/h1-7H;;;;. The third-order valence-electron chi connectivity index (χ3n) is 1.06. The Morgan fingerprint density at radius 1 is 1.10 bits per heavy atom. The first kappa shape index (κ1) is 9.78. The van der Waals surface area contributed by atoms with Crippen molar-refractivity contribution in [2.75, 3.05) is 0 Å². The monoisotopic (exact) mass is 168 g/mol. The maximum Gasteiger partial charge on any atom is 0.187 e. The van der Waals surface area contributed by atoms with Crippen LogP contribution in [0.3, 0.4) is 0 Å².